The standard InChI is InChI=1S/C21H16FN5O2/c1-26(16-8-6-15(22)7-9-16)21(29)18-12-27-17(10-24-18)11-25-20(27)14-4-2-13(3-5-14)19(23)28/h2-10,12H,11H2,1H3,(H-,23,28)/p+1. The predicted octanol–water partition coefficient (Wildman–Crippen LogP) is 1.69. The molecule has 0 radical (unpaired) electrons. The summed E-state index contributed by atoms with van der Waals surface area (Å²) in [5.74, 6) is -0.554. The molecule has 2 heterocycles. The highest BCUT2D eigenvalue weighted by Crippen LogP contribution is 2.16. The second-order valence-corrected chi connectivity index (χ2v) is 6.56. The van der Waals surface area contributed by atoms with Gasteiger partial charge in [-0.15, -0.1) is 0 Å². The molecule has 0 aliphatic carbocycles. The fourth-order valence-electron chi connectivity index (χ4n) is 3.07. The second kappa shape index (κ2) is 7.23. The van der Waals surface area contributed by atoms with Gasteiger partial charge in [0.25, 0.3) is 5.91 Å². The molecular formula is C21H17FN5O2+. The predicted molar refractivity (Wildman–Crippen MR) is 104 cm³/mol. The third kappa shape index (κ3) is 3.47. The Morgan fingerprint density at radius 1 is 1.10 bits per heavy atom. The first-order valence-corrected chi connectivity index (χ1v) is 8.83. The van der Waals surface area contributed by atoms with Crippen LogP contribution in [0.1, 0.15) is 32.1 Å². The third-order valence-electron chi connectivity index (χ3n) is 4.70. The van der Waals surface area contributed by atoms with Crippen molar-refractivity contribution in [3.8, 4) is 0 Å². The van der Waals surface area contributed by atoms with E-state index < -0.39 is 5.91 Å². The van der Waals surface area contributed by atoms with Crippen molar-refractivity contribution in [3.05, 3.63) is 89.3 Å². The summed E-state index contributed by atoms with van der Waals surface area (Å²) < 4.78 is 14.9. The van der Waals surface area contributed by atoms with Gasteiger partial charge in [0.1, 0.15) is 12.0 Å². The van der Waals surface area contributed by atoms with Crippen LogP contribution in [0.15, 0.2) is 65.9 Å². The van der Waals surface area contributed by atoms with Crippen LogP contribution in [0, 0.1) is 5.82 Å². The lowest BCUT2D eigenvalue weighted by atomic mass is 10.1. The van der Waals surface area contributed by atoms with E-state index in [1.165, 1.54) is 29.2 Å². The first kappa shape index (κ1) is 18.4. The number of amides is 2. The molecule has 144 valence electrons. The summed E-state index contributed by atoms with van der Waals surface area (Å²) in [6.45, 7) is 0.433. The van der Waals surface area contributed by atoms with Crippen molar-refractivity contribution in [2.75, 3.05) is 11.9 Å². The van der Waals surface area contributed by atoms with Gasteiger partial charge in [-0.05, 0) is 48.5 Å². The molecule has 0 atom stereocenters. The number of benzene rings is 2. The molecule has 2 N–H and O–H groups in total. The number of rotatable bonds is 4. The first-order valence-electron chi connectivity index (χ1n) is 8.83. The number of carbonyl (C=O) groups excluding carboxylic acids is 2. The van der Waals surface area contributed by atoms with Crippen LogP contribution in [-0.2, 0) is 6.54 Å². The van der Waals surface area contributed by atoms with Crippen LogP contribution in [0.4, 0.5) is 10.1 Å². The minimum Gasteiger partial charge on any atom is -0.366 e. The molecule has 1 aliphatic rings. The molecule has 0 unspecified atom stereocenters. The Balaban J connectivity index is 1.63. The zero-order valence-electron chi connectivity index (χ0n) is 15.5. The van der Waals surface area contributed by atoms with Gasteiger partial charge in [-0.2, -0.15) is 4.57 Å². The third-order valence-corrected chi connectivity index (χ3v) is 4.70. The van der Waals surface area contributed by atoms with Crippen molar-refractivity contribution in [2.45, 2.75) is 6.54 Å². The Morgan fingerprint density at radius 3 is 2.45 bits per heavy atom. The van der Waals surface area contributed by atoms with Crippen molar-refractivity contribution >= 4 is 23.3 Å². The molecule has 0 spiro atoms. The van der Waals surface area contributed by atoms with E-state index in [0.717, 1.165) is 11.3 Å². The molecule has 29 heavy (non-hydrogen) atoms. The fraction of sp³-hybridized carbons (Fsp3) is 0.0952. The van der Waals surface area contributed by atoms with Crippen LogP contribution in [0.25, 0.3) is 0 Å². The smallest absolute Gasteiger partial charge is 0.330 e. The van der Waals surface area contributed by atoms with Gasteiger partial charge >= 0.3 is 5.84 Å². The SMILES string of the molecule is CN(C(=O)c1c[n+]2c(cn1)CN=C2c1ccc(C(N)=O)cc1)c1ccc(F)cc1. The molecule has 3 aromatic rings. The van der Waals surface area contributed by atoms with E-state index in [1.807, 2.05) is 0 Å². The van der Waals surface area contributed by atoms with Crippen molar-refractivity contribution in [2.24, 2.45) is 10.7 Å². The Labute approximate surface area is 165 Å². The van der Waals surface area contributed by atoms with Crippen LogP contribution in [-0.4, -0.2) is 29.7 Å². The number of nitrogens with zero attached hydrogens (tertiary/aromatic N) is 4. The molecule has 0 saturated heterocycles. The average Bonchev–Trinajstić information content (AvgIpc) is 3.16. The molecule has 0 bridgehead atoms. The summed E-state index contributed by atoms with van der Waals surface area (Å²) in [5, 5.41) is 0. The van der Waals surface area contributed by atoms with Crippen LogP contribution in [0.3, 0.4) is 0 Å². The van der Waals surface area contributed by atoms with Gasteiger partial charge in [-0.25, -0.2) is 9.37 Å². The van der Waals surface area contributed by atoms with Crippen molar-refractivity contribution < 1.29 is 18.5 Å². The van der Waals surface area contributed by atoms with Gasteiger partial charge in [-0.1, -0.05) is 4.99 Å². The summed E-state index contributed by atoms with van der Waals surface area (Å²) in [6.07, 6.45) is 3.24. The minimum absolute atomic E-state index is 0.226. The molecule has 0 saturated carbocycles. The number of halogens is 1. The van der Waals surface area contributed by atoms with Crippen molar-refractivity contribution in [1.29, 1.82) is 0 Å². The lowest BCUT2D eigenvalue weighted by Gasteiger charge is -2.16. The highest BCUT2D eigenvalue weighted by atomic mass is 19.1. The summed E-state index contributed by atoms with van der Waals surface area (Å²) in [6, 6.07) is 12.4. The topological polar surface area (TPSA) is 92.5 Å². The lowest BCUT2D eigenvalue weighted by Crippen LogP contribution is -2.45. The Bertz CT molecular complexity index is 1140. The second-order valence-electron chi connectivity index (χ2n) is 6.56. The van der Waals surface area contributed by atoms with Crippen molar-refractivity contribution in [1.82, 2.24) is 4.98 Å². The maximum atomic E-state index is 13.1. The van der Waals surface area contributed by atoms with Crippen LogP contribution in [0.5, 0.6) is 0 Å². The maximum Gasteiger partial charge on any atom is 0.330 e. The number of carbonyl (C=O) groups is 2. The first-order chi connectivity index (χ1) is 13.9. The summed E-state index contributed by atoms with van der Waals surface area (Å²) in [5.41, 5.74) is 8.09. The average molecular weight is 390 g/mol. The highest BCUT2D eigenvalue weighted by Gasteiger charge is 2.29. The molecule has 0 fully saturated rings. The van der Waals surface area contributed by atoms with Crippen LogP contribution < -0.4 is 15.2 Å². The van der Waals surface area contributed by atoms with Crippen LogP contribution >= 0.6 is 0 Å². The van der Waals surface area contributed by atoms with E-state index in [9.17, 15) is 14.0 Å². The zero-order chi connectivity index (χ0) is 20.5. The molecular weight excluding hydrogens is 373 g/mol. The number of anilines is 1. The number of primary amides is 1. The number of hydrogen-bond donors (Lipinski definition) is 1. The summed E-state index contributed by atoms with van der Waals surface area (Å²) in [4.78, 5) is 34.3. The Kier molecular flexibility index (Phi) is 4.59. The molecule has 8 heteroatoms. The quantitative estimate of drug-likeness (QED) is 0.687. The monoisotopic (exact) mass is 390 g/mol. The van der Waals surface area contributed by atoms with Gasteiger partial charge in [0.15, 0.2) is 17.9 Å². The molecule has 2 aromatic carbocycles. The minimum atomic E-state index is -0.501. The summed E-state index contributed by atoms with van der Waals surface area (Å²) in [7, 11) is 1.60. The number of hydrogen-bond acceptors (Lipinski definition) is 4. The fourth-order valence-corrected chi connectivity index (χ4v) is 3.07. The van der Waals surface area contributed by atoms with Gasteiger partial charge in [0.2, 0.25) is 5.91 Å². The van der Waals surface area contributed by atoms with Gasteiger partial charge < -0.3 is 10.6 Å². The van der Waals surface area contributed by atoms with E-state index in [2.05, 4.69) is 9.98 Å². The van der Waals surface area contributed by atoms with E-state index in [4.69, 9.17) is 5.73 Å². The number of aliphatic imine (C=N–C) groups is 1. The molecule has 7 nitrogen and oxygen atoms in total. The lowest BCUT2D eigenvalue weighted by molar-refractivity contribution is -0.557. The molecule has 1 aromatic heterocycles. The summed E-state index contributed by atoms with van der Waals surface area (Å²) >= 11 is 0. The zero-order valence-corrected chi connectivity index (χ0v) is 15.5. The molecule has 4 rings (SSSR count). The highest BCUT2D eigenvalue weighted by molar-refractivity contribution is 6.04. The van der Waals surface area contributed by atoms with E-state index in [0.29, 0.717) is 23.6 Å². The number of fused-ring (bicyclic) bond motifs is 1. The van der Waals surface area contributed by atoms with Crippen LogP contribution in [0.2, 0.25) is 0 Å². The Morgan fingerprint density at radius 2 is 1.79 bits per heavy atom. The van der Waals surface area contributed by atoms with Gasteiger partial charge in [0.05, 0.1) is 11.8 Å². The number of aromatic nitrogens is 2. The van der Waals surface area contributed by atoms with E-state index in [1.54, 1.807) is 48.3 Å². The van der Waals surface area contributed by atoms with Gasteiger partial charge in [-0.3, -0.25) is 9.59 Å². The maximum absolute atomic E-state index is 13.1. The normalized spacial score (nSPS) is 12.3. The van der Waals surface area contributed by atoms with Gasteiger partial charge in [0, 0.05) is 18.3 Å². The molecule has 2 amide bonds. The Hall–Kier alpha value is -3.94. The van der Waals surface area contributed by atoms with Crippen molar-refractivity contribution in [3.63, 3.8) is 0 Å². The van der Waals surface area contributed by atoms with E-state index in [-0.39, 0.29) is 17.4 Å². The number of nitrogens with two attached hydrogens (primary N) is 1. The van der Waals surface area contributed by atoms with E-state index >= 15 is 0 Å². The molecule has 1 aliphatic heterocycles. The largest absolute Gasteiger partial charge is 0.366 e.